The third-order valence-corrected chi connectivity index (χ3v) is 5.49. The second-order valence-corrected chi connectivity index (χ2v) is 6.32. The van der Waals surface area contributed by atoms with E-state index in [0.717, 1.165) is 18.8 Å². The lowest BCUT2D eigenvalue weighted by Gasteiger charge is -2.31. The van der Waals surface area contributed by atoms with Crippen LogP contribution in [0, 0.1) is 0 Å². The minimum absolute atomic E-state index is 0.297. The van der Waals surface area contributed by atoms with Crippen LogP contribution in [0.15, 0.2) is 0 Å². The maximum absolute atomic E-state index is 9.91. The first-order valence-corrected chi connectivity index (χ1v) is 7.34. The summed E-state index contributed by atoms with van der Waals surface area (Å²) in [7, 11) is 0. The summed E-state index contributed by atoms with van der Waals surface area (Å²) in [5, 5.41) is 10.8. The third-order valence-electron chi connectivity index (χ3n) is 2.25. The molecule has 1 aliphatic heterocycles. The highest BCUT2D eigenvalue weighted by Crippen LogP contribution is 2.33. The molecule has 0 radical (unpaired) electrons. The van der Waals surface area contributed by atoms with E-state index >= 15 is 0 Å². The van der Waals surface area contributed by atoms with Gasteiger partial charge in [-0.2, -0.15) is 23.5 Å². The molecule has 0 aliphatic carbocycles. The van der Waals surface area contributed by atoms with Crippen LogP contribution in [-0.4, -0.2) is 46.4 Å². The van der Waals surface area contributed by atoms with Gasteiger partial charge in [0, 0.05) is 28.6 Å². The Bertz CT molecular complexity index is 155. The van der Waals surface area contributed by atoms with Gasteiger partial charge in [0.15, 0.2) is 0 Å². The number of hydrogen-bond acceptors (Lipinski definition) is 4. The van der Waals surface area contributed by atoms with E-state index in [4.69, 9.17) is 4.74 Å². The van der Waals surface area contributed by atoms with Gasteiger partial charge in [0.2, 0.25) is 0 Å². The summed E-state index contributed by atoms with van der Waals surface area (Å²) in [6, 6.07) is 0. The minimum atomic E-state index is -0.297. The van der Waals surface area contributed by atoms with Crippen LogP contribution >= 0.6 is 23.5 Å². The topological polar surface area (TPSA) is 29.5 Å². The molecule has 0 bridgehead atoms. The molecule has 1 saturated heterocycles. The highest BCUT2D eigenvalue weighted by atomic mass is 32.2. The fourth-order valence-corrected chi connectivity index (χ4v) is 4.34. The van der Waals surface area contributed by atoms with E-state index in [1.807, 2.05) is 23.5 Å². The minimum Gasteiger partial charge on any atom is -0.390 e. The standard InChI is InChI=1S/C10H20O2S2/c1-3-4-12-7-9(11)10-8(2)13-5-6-14-10/h8-11H,3-7H2,1-2H3. The van der Waals surface area contributed by atoms with E-state index in [2.05, 4.69) is 13.8 Å². The van der Waals surface area contributed by atoms with Crippen molar-refractivity contribution in [1.82, 2.24) is 0 Å². The zero-order valence-electron chi connectivity index (χ0n) is 8.94. The Morgan fingerprint density at radius 2 is 2.14 bits per heavy atom. The smallest absolute Gasteiger partial charge is 0.0902 e. The van der Waals surface area contributed by atoms with Crippen molar-refractivity contribution in [2.45, 2.75) is 36.9 Å². The maximum Gasteiger partial charge on any atom is 0.0902 e. The van der Waals surface area contributed by atoms with Crippen molar-refractivity contribution in [2.24, 2.45) is 0 Å². The lowest BCUT2D eigenvalue weighted by molar-refractivity contribution is 0.0362. The number of aliphatic hydroxyl groups is 1. The molecule has 0 aromatic rings. The molecule has 14 heavy (non-hydrogen) atoms. The fraction of sp³-hybridized carbons (Fsp3) is 1.00. The zero-order valence-corrected chi connectivity index (χ0v) is 10.6. The van der Waals surface area contributed by atoms with Gasteiger partial charge in [-0.05, 0) is 6.42 Å². The predicted molar refractivity (Wildman–Crippen MR) is 65.3 cm³/mol. The molecule has 1 N–H and O–H groups in total. The lowest BCUT2D eigenvalue weighted by Crippen LogP contribution is -2.37. The molecular weight excluding hydrogens is 216 g/mol. The van der Waals surface area contributed by atoms with Crippen LogP contribution in [-0.2, 0) is 4.74 Å². The normalized spacial score (nSPS) is 30.2. The molecule has 0 saturated carbocycles. The van der Waals surface area contributed by atoms with E-state index in [1.165, 1.54) is 5.75 Å². The highest BCUT2D eigenvalue weighted by molar-refractivity contribution is 8.07. The molecule has 1 rings (SSSR count). The van der Waals surface area contributed by atoms with E-state index in [1.54, 1.807) is 0 Å². The van der Waals surface area contributed by atoms with Crippen LogP contribution in [0.2, 0.25) is 0 Å². The lowest BCUT2D eigenvalue weighted by atomic mass is 10.2. The summed E-state index contributed by atoms with van der Waals surface area (Å²) in [5.74, 6) is 2.37. The molecule has 0 spiro atoms. The van der Waals surface area contributed by atoms with Gasteiger partial charge < -0.3 is 9.84 Å². The molecular formula is C10H20O2S2. The summed E-state index contributed by atoms with van der Waals surface area (Å²) in [5.41, 5.74) is 0. The number of hydrogen-bond donors (Lipinski definition) is 1. The molecule has 3 unspecified atom stereocenters. The molecule has 84 valence electrons. The first kappa shape index (κ1) is 12.7. The summed E-state index contributed by atoms with van der Waals surface area (Å²) in [4.78, 5) is 0. The van der Waals surface area contributed by atoms with Gasteiger partial charge in [0.05, 0.1) is 12.7 Å². The molecule has 2 nitrogen and oxygen atoms in total. The molecule has 1 heterocycles. The monoisotopic (exact) mass is 236 g/mol. The van der Waals surface area contributed by atoms with Gasteiger partial charge in [0.1, 0.15) is 0 Å². The van der Waals surface area contributed by atoms with Crippen LogP contribution in [0.1, 0.15) is 20.3 Å². The van der Waals surface area contributed by atoms with Crippen LogP contribution in [0.4, 0.5) is 0 Å². The van der Waals surface area contributed by atoms with Gasteiger partial charge in [-0.25, -0.2) is 0 Å². The van der Waals surface area contributed by atoms with E-state index in [0.29, 0.717) is 17.1 Å². The maximum atomic E-state index is 9.91. The molecule has 0 amide bonds. The predicted octanol–water partition coefficient (Wildman–Crippen LogP) is 2.01. The van der Waals surface area contributed by atoms with E-state index < -0.39 is 0 Å². The summed E-state index contributed by atoms with van der Waals surface area (Å²) in [6.07, 6.45) is 0.726. The van der Waals surface area contributed by atoms with Gasteiger partial charge in [0.25, 0.3) is 0 Å². The van der Waals surface area contributed by atoms with Crippen molar-refractivity contribution < 1.29 is 9.84 Å². The van der Waals surface area contributed by atoms with Crippen LogP contribution in [0.3, 0.4) is 0 Å². The number of ether oxygens (including phenoxy) is 1. The van der Waals surface area contributed by atoms with Crippen molar-refractivity contribution in [1.29, 1.82) is 0 Å². The van der Waals surface area contributed by atoms with E-state index in [-0.39, 0.29) is 6.10 Å². The average Bonchev–Trinajstić information content (AvgIpc) is 2.18. The van der Waals surface area contributed by atoms with Gasteiger partial charge in [-0.15, -0.1) is 0 Å². The van der Waals surface area contributed by atoms with Gasteiger partial charge in [-0.1, -0.05) is 13.8 Å². The molecule has 4 heteroatoms. The Labute approximate surface area is 95.2 Å². The Hall–Kier alpha value is 0.620. The number of rotatable bonds is 5. The Balaban J connectivity index is 2.23. The van der Waals surface area contributed by atoms with E-state index in [9.17, 15) is 5.11 Å². The first-order valence-electron chi connectivity index (χ1n) is 5.24. The van der Waals surface area contributed by atoms with Crippen LogP contribution in [0.25, 0.3) is 0 Å². The summed E-state index contributed by atoms with van der Waals surface area (Å²) in [6.45, 7) is 5.54. The SMILES string of the molecule is CCCOCC(O)C1SCCSC1C. The third kappa shape index (κ3) is 4.01. The quantitative estimate of drug-likeness (QED) is 0.740. The molecule has 3 atom stereocenters. The van der Waals surface area contributed by atoms with Crippen molar-refractivity contribution >= 4 is 23.5 Å². The van der Waals surface area contributed by atoms with Crippen molar-refractivity contribution in [2.75, 3.05) is 24.7 Å². The average molecular weight is 236 g/mol. The van der Waals surface area contributed by atoms with Crippen molar-refractivity contribution in [3.05, 3.63) is 0 Å². The van der Waals surface area contributed by atoms with Crippen LogP contribution in [0.5, 0.6) is 0 Å². The highest BCUT2D eigenvalue weighted by Gasteiger charge is 2.28. The van der Waals surface area contributed by atoms with Gasteiger partial charge in [-0.3, -0.25) is 0 Å². The number of thioether (sulfide) groups is 2. The Morgan fingerprint density at radius 1 is 1.43 bits per heavy atom. The van der Waals surface area contributed by atoms with Crippen molar-refractivity contribution in [3.8, 4) is 0 Å². The van der Waals surface area contributed by atoms with Gasteiger partial charge >= 0.3 is 0 Å². The second kappa shape index (κ2) is 6.99. The summed E-state index contributed by atoms with van der Waals surface area (Å²) >= 11 is 3.84. The Morgan fingerprint density at radius 3 is 2.79 bits per heavy atom. The summed E-state index contributed by atoms with van der Waals surface area (Å²) < 4.78 is 5.37. The molecule has 1 aliphatic rings. The second-order valence-electron chi connectivity index (χ2n) is 3.55. The first-order chi connectivity index (χ1) is 6.75. The zero-order chi connectivity index (χ0) is 10.4. The fourth-order valence-electron chi connectivity index (χ4n) is 1.52. The largest absolute Gasteiger partial charge is 0.390 e. The Kier molecular flexibility index (Phi) is 6.33. The number of aliphatic hydroxyl groups excluding tert-OH is 1. The molecule has 1 fully saturated rings. The van der Waals surface area contributed by atoms with Crippen molar-refractivity contribution in [3.63, 3.8) is 0 Å². The molecule has 0 aromatic carbocycles. The molecule has 0 aromatic heterocycles. The van der Waals surface area contributed by atoms with Crippen LogP contribution < -0.4 is 0 Å².